The first kappa shape index (κ1) is 22.5. The Morgan fingerprint density at radius 2 is 1.91 bits per heavy atom. The third-order valence-electron chi connectivity index (χ3n) is 5.81. The number of nitrogens with zero attached hydrogens (tertiary/aromatic N) is 4. The van der Waals surface area contributed by atoms with Gasteiger partial charge in [-0.3, -0.25) is 4.79 Å². The Morgan fingerprint density at radius 1 is 1.12 bits per heavy atom. The van der Waals surface area contributed by atoms with E-state index < -0.39 is 5.60 Å². The van der Waals surface area contributed by atoms with E-state index in [9.17, 15) is 9.59 Å². The molecule has 1 atom stereocenters. The summed E-state index contributed by atoms with van der Waals surface area (Å²) in [5.41, 5.74) is -0.477. The van der Waals surface area contributed by atoms with E-state index >= 15 is 0 Å². The van der Waals surface area contributed by atoms with Crippen LogP contribution in [0.1, 0.15) is 60.5 Å². The highest BCUT2D eigenvalue weighted by atomic mass is 32.1. The van der Waals surface area contributed by atoms with Crippen LogP contribution in [0.2, 0.25) is 0 Å². The van der Waals surface area contributed by atoms with Crippen LogP contribution in [-0.4, -0.2) is 64.9 Å². The fourth-order valence-corrected chi connectivity index (χ4v) is 5.25. The fraction of sp³-hybridized carbons (Fsp3) is 0.565. The van der Waals surface area contributed by atoms with Gasteiger partial charge in [0.1, 0.15) is 5.60 Å². The first-order valence-corrected chi connectivity index (χ1v) is 12.0. The zero-order chi connectivity index (χ0) is 22.7. The number of ether oxygens (including phenoxy) is 1. The SMILES string of the molecule is CC(C)(C)OC(=O)N1CCC(c2ccc(C(=O)NC3CCN(c4cccnn4)C3)s2)CC1. The molecule has 32 heavy (non-hydrogen) atoms. The molecule has 2 aromatic heterocycles. The molecule has 0 radical (unpaired) electrons. The van der Waals surface area contributed by atoms with Gasteiger partial charge in [-0.05, 0) is 70.2 Å². The molecule has 2 saturated heterocycles. The topological polar surface area (TPSA) is 87.7 Å². The molecule has 0 aliphatic carbocycles. The maximum absolute atomic E-state index is 12.8. The van der Waals surface area contributed by atoms with Crippen molar-refractivity contribution < 1.29 is 14.3 Å². The molecule has 0 aromatic carbocycles. The maximum atomic E-state index is 12.8. The summed E-state index contributed by atoms with van der Waals surface area (Å²) in [6, 6.07) is 7.90. The number of carbonyl (C=O) groups is 2. The molecule has 0 bridgehead atoms. The van der Waals surface area contributed by atoms with Crippen molar-refractivity contribution in [3.63, 3.8) is 0 Å². The number of anilines is 1. The van der Waals surface area contributed by atoms with Crippen LogP contribution in [0.15, 0.2) is 30.5 Å². The highest BCUT2D eigenvalue weighted by molar-refractivity contribution is 7.14. The van der Waals surface area contributed by atoms with Crippen molar-refractivity contribution in [2.24, 2.45) is 0 Å². The van der Waals surface area contributed by atoms with E-state index in [4.69, 9.17) is 4.74 Å². The number of rotatable bonds is 4. The monoisotopic (exact) mass is 457 g/mol. The van der Waals surface area contributed by atoms with Crippen molar-refractivity contribution in [1.29, 1.82) is 0 Å². The molecule has 1 unspecified atom stereocenters. The van der Waals surface area contributed by atoms with Crippen molar-refractivity contribution in [3.8, 4) is 0 Å². The molecule has 2 aliphatic rings. The summed E-state index contributed by atoms with van der Waals surface area (Å²) in [4.78, 5) is 31.0. The summed E-state index contributed by atoms with van der Waals surface area (Å²) in [6.07, 6.45) is 4.08. The van der Waals surface area contributed by atoms with E-state index in [0.717, 1.165) is 43.0 Å². The number of piperidine rings is 1. The number of nitrogens with one attached hydrogen (secondary N) is 1. The van der Waals surface area contributed by atoms with E-state index in [0.29, 0.717) is 19.0 Å². The molecule has 9 heteroatoms. The molecular formula is C23H31N5O3S. The van der Waals surface area contributed by atoms with Gasteiger partial charge in [0.25, 0.3) is 5.91 Å². The average Bonchev–Trinajstić information content (AvgIpc) is 3.43. The zero-order valence-electron chi connectivity index (χ0n) is 18.9. The first-order chi connectivity index (χ1) is 15.3. The van der Waals surface area contributed by atoms with Gasteiger partial charge in [-0.2, -0.15) is 5.10 Å². The Kier molecular flexibility index (Phi) is 6.64. The van der Waals surface area contributed by atoms with Gasteiger partial charge in [-0.25, -0.2) is 4.79 Å². The van der Waals surface area contributed by atoms with Gasteiger partial charge in [-0.15, -0.1) is 16.4 Å². The van der Waals surface area contributed by atoms with Crippen molar-refractivity contribution in [2.75, 3.05) is 31.1 Å². The van der Waals surface area contributed by atoms with Crippen LogP contribution in [-0.2, 0) is 4.74 Å². The second kappa shape index (κ2) is 9.44. The van der Waals surface area contributed by atoms with Crippen LogP contribution in [0, 0.1) is 0 Å². The number of aromatic nitrogens is 2. The van der Waals surface area contributed by atoms with E-state index in [1.165, 1.54) is 4.88 Å². The second-order valence-electron chi connectivity index (χ2n) is 9.43. The first-order valence-electron chi connectivity index (χ1n) is 11.2. The lowest BCUT2D eigenvalue weighted by Crippen LogP contribution is -2.41. The smallest absolute Gasteiger partial charge is 0.410 e. The number of likely N-dealkylation sites (tertiary alicyclic amines) is 1. The Balaban J connectivity index is 1.27. The standard InChI is InChI=1S/C23H31N5O3S/c1-23(2,3)31-22(30)27-12-8-16(9-13-27)18-6-7-19(32-18)21(29)25-17-10-14-28(15-17)20-5-4-11-24-26-20/h4-7,11,16-17H,8-10,12-15H2,1-3H3,(H,25,29). The lowest BCUT2D eigenvalue weighted by atomic mass is 9.95. The number of amides is 2. The molecule has 4 rings (SSSR count). The lowest BCUT2D eigenvalue weighted by molar-refractivity contribution is 0.0205. The van der Waals surface area contributed by atoms with Crippen LogP contribution in [0.3, 0.4) is 0 Å². The third kappa shape index (κ3) is 5.56. The summed E-state index contributed by atoms with van der Waals surface area (Å²) in [6.45, 7) is 8.61. The van der Waals surface area contributed by atoms with Gasteiger partial charge in [0.15, 0.2) is 5.82 Å². The summed E-state index contributed by atoms with van der Waals surface area (Å²) in [5.74, 6) is 1.21. The number of hydrogen-bond donors (Lipinski definition) is 1. The fourth-order valence-electron chi connectivity index (χ4n) is 4.17. The van der Waals surface area contributed by atoms with Crippen LogP contribution in [0.4, 0.5) is 10.6 Å². The number of carbonyl (C=O) groups excluding carboxylic acids is 2. The minimum absolute atomic E-state index is 0.0153. The van der Waals surface area contributed by atoms with Gasteiger partial charge in [0.2, 0.25) is 0 Å². The molecule has 2 aliphatic heterocycles. The van der Waals surface area contributed by atoms with Gasteiger partial charge < -0.3 is 19.9 Å². The molecule has 1 N–H and O–H groups in total. The summed E-state index contributed by atoms with van der Waals surface area (Å²) >= 11 is 1.57. The van der Waals surface area contributed by atoms with Crippen molar-refractivity contribution in [1.82, 2.24) is 20.4 Å². The van der Waals surface area contributed by atoms with E-state index in [1.54, 1.807) is 22.4 Å². The summed E-state index contributed by atoms with van der Waals surface area (Å²) in [5, 5.41) is 11.3. The number of hydrogen-bond acceptors (Lipinski definition) is 7. The Labute approximate surface area is 193 Å². The second-order valence-corrected chi connectivity index (χ2v) is 10.5. The Hall–Kier alpha value is -2.68. The Bertz CT molecular complexity index is 935. The molecule has 2 fully saturated rings. The average molecular weight is 458 g/mol. The van der Waals surface area contributed by atoms with E-state index in [-0.39, 0.29) is 18.0 Å². The minimum Gasteiger partial charge on any atom is -0.444 e. The number of thiophene rings is 1. The molecule has 4 heterocycles. The predicted molar refractivity (Wildman–Crippen MR) is 124 cm³/mol. The van der Waals surface area contributed by atoms with E-state index in [2.05, 4.69) is 26.5 Å². The van der Waals surface area contributed by atoms with Crippen LogP contribution in [0.25, 0.3) is 0 Å². The molecular weight excluding hydrogens is 426 g/mol. The summed E-state index contributed by atoms with van der Waals surface area (Å²) in [7, 11) is 0. The van der Waals surface area contributed by atoms with Gasteiger partial charge in [0.05, 0.1) is 4.88 Å². The van der Waals surface area contributed by atoms with Gasteiger partial charge in [0, 0.05) is 43.3 Å². The molecule has 172 valence electrons. The van der Waals surface area contributed by atoms with Crippen LogP contribution in [0.5, 0.6) is 0 Å². The zero-order valence-corrected chi connectivity index (χ0v) is 19.7. The Morgan fingerprint density at radius 3 is 2.59 bits per heavy atom. The van der Waals surface area contributed by atoms with Crippen LogP contribution < -0.4 is 10.2 Å². The highest BCUT2D eigenvalue weighted by Crippen LogP contribution is 2.33. The lowest BCUT2D eigenvalue weighted by Gasteiger charge is -2.33. The molecule has 8 nitrogen and oxygen atoms in total. The van der Waals surface area contributed by atoms with E-state index in [1.807, 2.05) is 39.0 Å². The largest absolute Gasteiger partial charge is 0.444 e. The van der Waals surface area contributed by atoms with Gasteiger partial charge >= 0.3 is 6.09 Å². The normalized spacial score (nSPS) is 19.8. The molecule has 2 aromatic rings. The predicted octanol–water partition coefficient (Wildman–Crippen LogP) is 3.66. The molecule has 0 saturated carbocycles. The summed E-state index contributed by atoms with van der Waals surface area (Å²) < 4.78 is 5.48. The third-order valence-corrected chi connectivity index (χ3v) is 7.05. The maximum Gasteiger partial charge on any atom is 0.410 e. The molecule has 0 spiro atoms. The van der Waals surface area contributed by atoms with Crippen molar-refractivity contribution >= 4 is 29.2 Å². The van der Waals surface area contributed by atoms with Crippen molar-refractivity contribution in [2.45, 2.75) is 57.6 Å². The van der Waals surface area contributed by atoms with Crippen LogP contribution >= 0.6 is 11.3 Å². The van der Waals surface area contributed by atoms with Crippen molar-refractivity contribution in [3.05, 3.63) is 40.2 Å². The van der Waals surface area contributed by atoms with Gasteiger partial charge in [-0.1, -0.05) is 0 Å². The quantitative estimate of drug-likeness (QED) is 0.754. The molecule has 2 amide bonds. The highest BCUT2D eigenvalue weighted by Gasteiger charge is 2.29. The minimum atomic E-state index is -0.477.